The molecule has 0 amide bonds. The van der Waals surface area contributed by atoms with Crippen LogP contribution in [0.15, 0.2) is 49.6 Å². The molecule has 4 nitrogen and oxygen atoms in total. The summed E-state index contributed by atoms with van der Waals surface area (Å²) in [5, 5.41) is 0. The van der Waals surface area contributed by atoms with Crippen LogP contribution in [0.3, 0.4) is 0 Å². The number of sulfone groups is 1. The molecule has 1 heterocycles. The molecule has 0 N–H and O–H groups in total. The van der Waals surface area contributed by atoms with E-state index in [0.717, 1.165) is 38.2 Å². The zero-order valence-corrected chi connectivity index (χ0v) is 18.2. The van der Waals surface area contributed by atoms with E-state index in [1.54, 1.807) is 0 Å². The molecule has 3 atom stereocenters. The van der Waals surface area contributed by atoms with Gasteiger partial charge in [-0.05, 0) is 61.4 Å². The second-order valence-electron chi connectivity index (χ2n) is 7.87. The summed E-state index contributed by atoms with van der Waals surface area (Å²) in [5.74, 6) is 1.91. The van der Waals surface area contributed by atoms with Crippen LogP contribution in [0.1, 0.15) is 38.2 Å². The number of likely N-dealkylation sites (tertiary alicyclic amines) is 1. The molecule has 1 aromatic rings. The number of piperidine rings is 1. The summed E-state index contributed by atoms with van der Waals surface area (Å²) >= 11 is 0. The topological polar surface area (TPSA) is 46.6 Å². The lowest BCUT2D eigenvalue weighted by Gasteiger charge is -2.37. The lowest BCUT2D eigenvalue weighted by atomic mass is 9.87. The van der Waals surface area contributed by atoms with Gasteiger partial charge in [-0.15, -0.1) is 13.2 Å². The van der Waals surface area contributed by atoms with Gasteiger partial charge in [0.1, 0.15) is 5.75 Å². The summed E-state index contributed by atoms with van der Waals surface area (Å²) in [6, 6.07) is 8.24. The fraction of sp³-hybridized carbons (Fsp3) is 0.565. The smallest absolute Gasteiger partial charge is 0.154 e. The molecule has 1 aliphatic heterocycles. The first-order valence-electron chi connectivity index (χ1n) is 10.3. The Hall–Kier alpha value is -1.59. The van der Waals surface area contributed by atoms with Crippen LogP contribution in [-0.2, 0) is 9.84 Å². The van der Waals surface area contributed by atoms with Gasteiger partial charge in [-0.1, -0.05) is 38.1 Å². The molecule has 1 aromatic carbocycles. The molecule has 2 rings (SSSR count). The summed E-state index contributed by atoms with van der Waals surface area (Å²) < 4.78 is 30.7. The van der Waals surface area contributed by atoms with Crippen molar-refractivity contribution in [2.24, 2.45) is 11.8 Å². The van der Waals surface area contributed by atoms with Crippen molar-refractivity contribution in [2.45, 2.75) is 32.6 Å². The van der Waals surface area contributed by atoms with Gasteiger partial charge >= 0.3 is 0 Å². The Morgan fingerprint density at radius 1 is 1.21 bits per heavy atom. The van der Waals surface area contributed by atoms with Crippen LogP contribution < -0.4 is 4.74 Å². The van der Waals surface area contributed by atoms with Crippen molar-refractivity contribution in [3.63, 3.8) is 0 Å². The van der Waals surface area contributed by atoms with Crippen LogP contribution in [0, 0.1) is 11.8 Å². The largest absolute Gasteiger partial charge is 0.493 e. The number of ether oxygens (including phenoxy) is 1. The van der Waals surface area contributed by atoms with Crippen LogP contribution >= 0.6 is 0 Å². The molecule has 0 spiro atoms. The van der Waals surface area contributed by atoms with Crippen LogP contribution in [0.2, 0.25) is 0 Å². The van der Waals surface area contributed by atoms with E-state index in [2.05, 4.69) is 44.0 Å². The van der Waals surface area contributed by atoms with Crippen LogP contribution in [0.25, 0.3) is 0 Å². The summed E-state index contributed by atoms with van der Waals surface area (Å²) in [6.45, 7) is 15.0. The van der Waals surface area contributed by atoms with Crippen LogP contribution in [0.5, 0.6) is 5.75 Å². The van der Waals surface area contributed by atoms with E-state index in [1.807, 2.05) is 18.2 Å². The molecule has 5 heteroatoms. The van der Waals surface area contributed by atoms with Crippen molar-refractivity contribution in [2.75, 3.05) is 37.7 Å². The van der Waals surface area contributed by atoms with Gasteiger partial charge in [0.2, 0.25) is 0 Å². The summed E-state index contributed by atoms with van der Waals surface area (Å²) in [6.07, 6.45) is 5.35. The van der Waals surface area contributed by atoms with Gasteiger partial charge in [0.15, 0.2) is 9.84 Å². The number of hydrogen-bond donors (Lipinski definition) is 0. The minimum absolute atomic E-state index is 0.0492. The molecule has 0 saturated carbocycles. The van der Waals surface area contributed by atoms with Crippen LogP contribution in [-0.4, -0.2) is 51.1 Å². The van der Waals surface area contributed by atoms with Gasteiger partial charge < -0.3 is 9.64 Å². The molecule has 0 aliphatic carbocycles. The third-order valence-electron chi connectivity index (χ3n) is 5.70. The Morgan fingerprint density at radius 3 is 2.54 bits per heavy atom. The Morgan fingerprint density at radius 2 is 1.93 bits per heavy atom. The van der Waals surface area contributed by atoms with Crippen molar-refractivity contribution >= 4 is 9.84 Å². The molecule has 0 radical (unpaired) electrons. The standard InChI is InChI=1S/C23H35NO3S/c1-5-8-19(4)20-9-11-23(12-10-20)27-17-21-13-14-24(7-3)16-22(21)18-28(25,26)15-6-2/h5-6,9-12,19,21-22H,1-2,7-8,13-18H2,3-4H3/t19?,21-,22-/m1/s1. The Bertz CT molecular complexity index is 727. The average Bonchev–Trinajstić information content (AvgIpc) is 2.67. The lowest BCUT2D eigenvalue weighted by molar-refractivity contribution is 0.0975. The maximum atomic E-state index is 12.3. The van der Waals surface area contributed by atoms with E-state index in [1.165, 1.54) is 11.6 Å². The molecule has 1 aliphatic rings. The predicted octanol–water partition coefficient (Wildman–Crippen LogP) is 4.30. The molecule has 1 saturated heterocycles. The quantitative estimate of drug-likeness (QED) is 0.515. The normalized spacial score (nSPS) is 21.8. The summed E-state index contributed by atoms with van der Waals surface area (Å²) in [7, 11) is -3.11. The molecule has 28 heavy (non-hydrogen) atoms. The van der Waals surface area contributed by atoms with Gasteiger partial charge in [-0.2, -0.15) is 0 Å². The molecule has 156 valence electrons. The first-order valence-corrected chi connectivity index (χ1v) is 12.1. The highest BCUT2D eigenvalue weighted by molar-refractivity contribution is 7.91. The van der Waals surface area contributed by atoms with E-state index in [0.29, 0.717) is 12.5 Å². The van der Waals surface area contributed by atoms with Gasteiger partial charge in [0, 0.05) is 6.54 Å². The second-order valence-corrected chi connectivity index (χ2v) is 10.0. The molecule has 0 bridgehead atoms. The third kappa shape index (κ3) is 6.78. The van der Waals surface area contributed by atoms with Crippen LogP contribution in [0.4, 0.5) is 0 Å². The first kappa shape index (κ1) is 22.7. The zero-order valence-electron chi connectivity index (χ0n) is 17.3. The number of rotatable bonds is 11. The Balaban J connectivity index is 1.99. The van der Waals surface area contributed by atoms with Crippen molar-refractivity contribution in [3.05, 3.63) is 55.1 Å². The van der Waals surface area contributed by atoms with Gasteiger partial charge in [0.25, 0.3) is 0 Å². The fourth-order valence-corrected chi connectivity index (χ4v) is 5.43. The summed E-state index contributed by atoms with van der Waals surface area (Å²) in [5.41, 5.74) is 1.27. The Labute approximate surface area is 171 Å². The van der Waals surface area contributed by atoms with Crippen molar-refractivity contribution in [1.82, 2.24) is 4.90 Å². The molecular formula is C23H35NO3S. The fourth-order valence-electron chi connectivity index (χ4n) is 3.91. The van der Waals surface area contributed by atoms with Crippen molar-refractivity contribution in [3.8, 4) is 5.75 Å². The van der Waals surface area contributed by atoms with E-state index in [9.17, 15) is 8.42 Å². The maximum absolute atomic E-state index is 12.3. The van der Waals surface area contributed by atoms with E-state index in [-0.39, 0.29) is 23.3 Å². The first-order chi connectivity index (χ1) is 13.4. The molecular weight excluding hydrogens is 370 g/mol. The SMILES string of the molecule is C=CCC(C)c1ccc(OC[C@H]2CCN(CC)C[C@@H]2CS(=O)(=O)CC=C)cc1. The minimum atomic E-state index is -3.11. The van der Waals surface area contributed by atoms with E-state index < -0.39 is 9.84 Å². The number of hydrogen-bond acceptors (Lipinski definition) is 4. The Kier molecular flexibility index (Phi) is 8.77. The highest BCUT2D eigenvalue weighted by Crippen LogP contribution is 2.27. The van der Waals surface area contributed by atoms with E-state index in [4.69, 9.17) is 4.74 Å². The van der Waals surface area contributed by atoms with Crippen molar-refractivity contribution in [1.29, 1.82) is 0 Å². The van der Waals surface area contributed by atoms with Gasteiger partial charge in [-0.3, -0.25) is 0 Å². The zero-order chi connectivity index (χ0) is 20.6. The number of nitrogens with zero attached hydrogens (tertiary/aromatic N) is 1. The molecule has 1 fully saturated rings. The van der Waals surface area contributed by atoms with E-state index >= 15 is 0 Å². The predicted molar refractivity (Wildman–Crippen MR) is 118 cm³/mol. The third-order valence-corrected chi connectivity index (χ3v) is 7.38. The highest BCUT2D eigenvalue weighted by Gasteiger charge is 2.32. The van der Waals surface area contributed by atoms with Crippen molar-refractivity contribution < 1.29 is 13.2 Å². The summed E-state index contributed by atoms with van der Waals surface area (Å²) in [4.78, 5) is 2.33. The molecule has 0 aromatic heterocycles. The monoisotopic (exact) mass is 405 g/mol. The number of allylic oxidation sites excluding steroid dienone is 1. The van der Waals surface area contributed by atoms with Gasteiger partial charge in [-0.25, -0.2) is 8.42 Å². The highest BCUT2D eigenvalue weighted by atomic mass is 32.2. The maximum Gasteiger partial charge on any atom is 0.154 e. The second kappa shape index (κ2) is 10.8. The average molecular weight is 406 g/mol. The minimum Gasteiger partial charge on any atom is -0.493 e. The number of benzene rings is 1. The van der Waals surface area contributed by atoms with Gasteiger partial charge in [0.05, 0.1) is 18.1 Å². The lowest BCUT2D eigenvalue weighted by Crippen LogP contribution is -2.45. The molecule has 1 unspecified atom stereocenters.